The molecule has 0 aliphatic heterocycles. The normalized spacial score (nSPS) is 18.4. The molecule has 3 heteroatoms. The van der Waals surface area contributed by atoms with Crippen LogP contribution in [0.15, 0.2) is 91.0 Å². The van der Waals surface area contributed by atoms with E-state index in [0.717, 1.165) is 23.1 Å². The van der Waals surface area contributed by atoms with Gasteiger partial charge in [0, 0.05) is 0 Å². The fraction of sp³-hybridized carbons (Fsp3) is 0.321. The lowest BCUT2D eigenvalue weighted by atomic mass is 9.80. The Labute approximate surface area is 185 Å². The summed E-state index contributed by atoms with van der Waals surface area (Å²) in [6.07, 6.45) is 0.809. The van der Waals surface area contributed by atoms with Crippen LogP contribution in [0.2, 0.25) is 0 Å². The SMILES string of the molecule is CC(C)(C)OC(=O)C1CC1COC(c1ccccc1)(c1ccccc1)c1ccccc1. The van der Waals surface area contributed by atoms with E-state index in [2.05, 4.69) is 36.4 Å². The molecule has 4 rings (SSSR count). The Kier molecular flexibility index (Phi) is 5.97. The third-order valence-electron chi connectivity index (χ3n) is 5.69. The van der Waals surface area contributed by atoms with Gasteiger partial charge in [-0.1, -0.05) is 91.0 Å². The topological polar surface area (TPSA) is 35.5 Å². The number of hydrogen-bond acceptors (Lipinski definition) is 3. The minimum Gasteiger partial charge on any atom is -0.460 e. The smallest absolute Gasteiger partial charge is 0.309 e. The molecule has 0 heterocycles. The van der Waals surface area contributed by atoms with Crippen LogP contribution in [0.3, 0.4) is 0 Å². The zero-order chi connectivity index (χ0) is 21.9. The Balaban J connectivity index is 1.66. The first kappa shape index (κ1) is 21.3. The van der Waals surface area contributed by atoms with Gasteiger partial charge >= 0.3 is 5.97 Å². The van der Waals surface area contributed by atoms with Gasteiger partial charge in [0.2, 0.25) is 0 Å². The fourth-order valence-electron chi connectivity index (χ4n) is 4.10. The number of benzene rings is 3. The highest BCUT2D eigenvalue weighted by atomic mass is 16.6. The number of hydrogen-bond donors (Lipinski definition) is 0. The quantitative estimate of drug-likeness (QED) is 0.353. The third kappa shape index (κ3) is 4.72. The second-order valence-electron chi connectivity index (χ2n) is 9.23. The van der Waals surface area contributed by atoms with E-state index < -0.39 is 11.2 Å². The van der Waals surface area contributed by atoms with Crippen molar-refractivity contribution in [3.05, 3.63) is 108 Å². The van der Waals surface area contributed by atoms with Crippen molar-refractivity contribution < 1.29 is 14.3 Å². The van der Waals surface area contributed by atoms with Gasteiger partial charge in [0.15, 0.2) is 0 Å². The summed E-state index contributed by atoms with van der Waals surface area (Å²) in [5.74, 6) is -0.0320. The van der Waals surface area contributed by atoms with E-state index in [1.54, 1.807) is 0 Å². The largest absolute Gasteiger partial charge is 0.460 e. The highest BCUT2D eigenvalue weighted by molar-refractivity contribution is 5.76. The summed E-state index contributed by atoms with van der Waals surface area (Å²) in [5, 5.41) is 0. The Hall–Kier alpha value is -2.91. The summed E-state index contributed by atoms with van der Waals surface area (Å²) >= 11 is 0. The first-order valence-electron chi connectivity index (χ1n) is 10.9. The van der Waals surface area contributed by atoms with E-state index >= 15 is 0 Å². The maximum absolute atomic E-state index is 12.5. The van der Waals surface area contributed by atoms with Crippen LogP contribution in [0.25, 0.3) is 0 Å². The molecule has 3 aromatic carbocycles. The van der Waals surface area contributed by atoms with Crippen molar-refractivity contribution in [1.29, 1.82) is 0 Å². The maximum atomic E-state index is 12.5. The number of esters is 1. The molecule has 0 radical (unpaired) electrons. The molecule has 0 saturated heterocycles. The Morgan fingerprint density at radius 3 is 1.58 bits per heavy atom. The fourth-order valence-corrected chi connectivity index (χ4v) is 4.10. The van der Waals surface area contributed by atoms with Crippen molar-refractivity contribution in [2.45, 2.75) is 38.4 Å². The summed E-state index contributed by atoms with van der Waals surface area (Å²) in [5.41, 5.74) is 2.00. The van der Waals surface area contributed by atoms with Crippen LogP contribution < -0.4 is 0 Å². The van der Waals surface area contributed by atoms with Crippen molar-refractivity contribution in [2.75, 3.05) is 6.61 Å². The number of carbonyl (C=O) groups is 1. The van der Waals surface area contributed by atoms with E-state index in [-0.39, 0.29) is 17.8 Å². The summed E-state index contributed by atoms with van der Waals surface area (Å²) in [6, 6.07) is 31.0. The zero-order valence-electron chi connectivity index (χ0n) is 18.5. The first-order chi connectivity index (χ1) is 14.9. The lowest BCUT2D eigenvalue weighted by Gasteiger charge is -2.36. The van der Waals surface area contributed by atoms with E-state index in [1.165, 1.54) is 0 Å². The number of rotatable bonds is 7. The minimum atomic E-state index is -0.745. The van der Waals surface area contributed by atoms with E-state index in [0.29, 0.717) is 6.61 Å². The lowest BCUT2D eigenvalue weighted by molar-refractivity contribution is -0.157. The van der Waals surface area contributed by atoms with Gasteiger partial charge < -0.3 is 9.47 Å². The summed E-state index contributed by atoms with van der Waals surface area (Å²) in [6.45, 7) is 6.21. The van der Waals surface area contributed by atoms with Gasteiger partial charge in [-0.05, 0) is 49.8 Å². The van der Waals surface area contributed by atoms with Gasteiger partial charge in [-0.15, -0.1) is 0 Å². The maximum Gasteiger partial charge on any atom is 0.309 e. The first-order valence-corrected chi connectivity index (χ1v) is 10.9. The lowest BCUT2D eigenvalue weighted by Crippen LogP contribution is -2.34. The predicted molar refractivity (Wildman–Crippen MR) is 123 cm³/mol. The van der Waals surface area contributed by atoms with Crippen molar-refractivity contribution in [1.82, 2.24) is 0 Å². The van der Waals surface area contributed by atoms with Gasteiger partial charge in [0.25, 0.3) is 0 Å². The van der Waals surface area contributed by atoms with Crippen LogP contribution >= 0.6 is 0 Å². The van der Waals surface area contributed by atoms with Crippen LogP contribution in [0.4, 0.5) is 0 Å². The van der Waals surface area contributed by atoms with Crippen LogP contribution in [-0.2, 0) is 19.9 Å². The molecule has 0 aromatic heterocycles. The molecule has 3 nitrogen and oxygen atoms in total. The number of ether oxygens (including phenoxy) is 2. The predicted octanol–water partition coefficient (Wildman–Crippen LogP) is 5.97. The van der Waals surface area contributed by atoms with Crippen molar-refractivity contribution in [3.8, 4) is 0 Å². The Morgan fingerprint density at radius 2 is 1.19 bits per heavy atom. The second kappa shape index (κ2) is 8.68. The zero-order valence-corrected chi connectivity index (χ0v) is 18.5. The summed E-state index contributed by atoms with van der Waals surface area (Å²) < 4.78 is 12.4. The van der Waals surface area contributed by atoms with Crippen LogP contribution in [0, 0.1) is 11.8 Å². The van der Waals surface area contributed by atoms with Crippen molar-refractivity contribution >= 4 is 5.97 Å². The molecule has 3 aromatic rings. The molecule has 1 fully saturated rings. The Bertz CT molecular complexity index is 894. The molecule has 0 bridgehead atoms. The van der Waals surface area contributed by atoms with Gasteiger partial charge in [-0.2, -0.15) is 0 Å². The Morgan fingerprint density at radius 1 is 0.774 bits per heavy atom. The monoisotopic (exact) mass is 414 g/mol. The van der Waals surface area contributed by atoms with Gasteiger partial charge in [-0.3, -0.25) is 4.79 Å². The molecular weight excluding hydrogens is 384 g/mol. The third-order valence-corrected chi connectivity index (χ3v) is 5.69. The number of carbonyl (C=O) groups excluding carboxylic acids is 1. The standard InChI is InChI=1S/C28H30O3/c1-27(2,3)31-26(29)25-19-21(25)20-30-28(22-13-7-4-8-14-22,23-15-9-5-10-16-23)24-17-11-6-12-18-24/h4-18,21,25H,19-20H2,1-3H3. The van der Waals surface area contributed by atoms with E-state index in [4.69, 9.17) is 9.47 Å². The van der Waals surface area contributed by atoms with Crippen molar-refractivity contribution in [2.24, 2.45) is 11.8 Å². The molecule has 1 aliphatic rings. The molecule has 2 unspecified atom stereocenters. The van der Waals surface area contributed by atoms with Crippen LogP contribution in [0.5, 0.6) is 0 Å². The average Bonchev–Trinajstić information content (AvgIpc) is 3.55. The van der Waals surface area contributed by atoms with E-state index in [1.807, 2.05) is 75.4 Å². The summed E-state index contributed by atoms with van der Waals surface area (Å²) in [4.78, 5) is 12.5. The minimum absolute atomic E-state index is 0.0840. The molecule has 1 saturated carbocycles. The van der Waals surface area contributed by atoms with Gasteiger partial charge in [0.1, 0.15) is 11.2 Å². The summed E-state index contributed by atoms with van der Waals surface area (Å²) in [7, 11) is 0. The highest BCUT2D eigenvalue weighted by Gasteiger charge is 2.47. The average molecular weight is 415 g/mol. The molecule has 2 atom stereocenters. The second-order valence-corrected chi connectivity index (χ2v) is 9.23. The molecule has 1 aliphatic carbocycles. The molecule has 0 spiro atoms. The molecule has 0 amide bonds. The highest BCUT2D eigenvalue weighted by Crippen LogP contribution is 2.45. The van der Waals surface area contributed by atoms with E-state index in [9.17, 15) is 4.79 Å². The van der Waals surface area contributed by atoms with Crippen LogP contribution in [0.1, 0.15) is 43.9 Å². The van der Waals surface area contributed by atoms with Crippen LogP contribution in [-0.4, -0.2) is 18.2 Å². The van der Waals surface area contributed by atoms with Gasteiger partial charge in [0.05, 0.1) is 12.5 Å². The molecule has 31 heavy (non-hydrogen) atoms. The molecule has 0 N–H and O–H groups in total. The molecule has 160 valence electrons. The van der Waals surface area contributed by atoms with Crippen molar-refractivity contribution in [3.63, 3.8) is 0 Å². The molecular formula is C28H30O3. The van der Waals surface area contributed by atoms with Gasteiger partial charge in [-0.25, -0.2) is 0 Å².